The molecule has 3 rings (SSSR count). The summed E-state index contributed by atoms with van der Waals surface area (Å²) >= 11 is 0. The molecule has 1 heterocycles. The summed E-state index contributed by atoms with van der Waals surface area (Å²) < 4.78 is 14.6. The summed E-state index contributed by atoms with van der Waals surface area (Å²) in [7, 11) is 0.277. The first-order chi connectivity index (χ1) is 13.0. The number of hydrogen-bond acceptors (Lipinski definition) is 3. The lowest BCUT2D eigenvalue weighted by Gasteiger charge is -2.05. The van der Waals surface area contributed by atoms with E-state index in [0.29, 0.717) is 6.42 Å². The van der Waals surface area contributed by atoms with Gasteiger partial charge in [-0.25, -0.2) is 4.98 Å². The van der Waals surface area contributed by atoms with E-state index in [0.717, 1.165) is 58.7 Å². The van der Waals surface area contributed by atoms with Gasteiger partial charge < -0.3 is 14.9 Å². The summed E-state index contributed by atoms with van der Waals surface area (Å²) in [4.78, 5) is 4.78. The van der Waals surface area contributed by atoms with Crippen molar-refractivity contribution in [3.63, 3.8) is 0 Å². The van der Waals surface area contributed by atoms with Crippen molar-refractivity contribution in [1.82, 2.24) is 9.55 Å². The Balaban J connectivity index is 0.00000280. The topological polar surface area (TPSA) is 84.8 Å². The van der Waals surface area contributed by atoms with Crippen LogP contribution in [0, 0.1) is 5.41 Å². The highest BCUT2D eigenvalue weighted by atomic mass is 35.5. The van der Waals surface area contributed by atoms with Crippen LogP contribution in [0.25, 0.3) is 11.0 Å². The number of hydrogen-bond donors (Lipinski definition) is 2. The van der Waals surface area contributed by atoms with Gasteiger partial charge in [-0.15, -0.1) is 12.4 Å². The molecule has 1 atom stereocenters. The molecule has 0 spiro atoms. The minimum Gasteiger partial charge on any atom is -0.384 e. The molecule has 28 heavy (non-hydrogen) atoms. The molecular formula is C21H28ClN4OP. The number of aromatic nitrogens is 2. The average molecular weight is 419 g/mol. The molecule has 3 aromatic rings. The van der Waals surface area contributed by atoms with Crippen LogP contribution in [0.3, 0.4) is 0 Å². The third kappa shape index (κ3) is 5.03. The lowest BCUT2D eigenvalue weighted by molar-refractivity contribution is 0.590. The van der Waals surface area contributed by atoms with Crippen LogP contribution in [0.4, 0.5) is 0 Å². The predicted molar refractivity (Wildman–Crippen MR) is 121 cm³/mol. The van der Waals surface area contributed by atoms with Gasteiger partial charge >= 0.3 is 0 Å². The monoisotopic (exact) mass is 418 g/mol. The molecule has 0 saturated carbocycles. The summed E-state index contributed by atoms with van der Waals surface area (Å²) in [5, 5.41) is 8.41. The number of nitrogen functional groups attached to an aromatic ring is 1. The molecule has 0 aliphatic carbocycles. The first kappa shape index (κ1) is 22.2. The van der Waals surface area contributed by atoms with Crippen LogP contribution in [0.5, 0.6) is 0 Å². The quantitative estimate of drug-likeness (QED) is 0.248. The van der Waals surface area contributed by atoms with Crippen LogP contribution < -0.4 is 11.0 Å². The zero-order chi connectivity index (χ0) is 19.4. The first-order valence-corrected chi connectivity index (χ1v) is 11.0. The fraction of sp³-hybridized carbons (Fsp3) is 0.333. The molecule has 0 saturated heterocycles. The summed E-state index contributed by atoms with van der Waals surface area (Å²) in [6.45, 7) is 2.16. The zero-order valence-electron chi connectivity index (χ0n) is 16.4. The standard InChI is InChI=1S/C21H27N4OP.ClH/c1-3-4-5-12-27(26)17-10-11-19-18(14-17)24-20(25(19)2)13-15-6-8-16(9-7-15)21(22)23;/h6-11,14,27H,3-5,12-13H2,1-2H3,(H3,22,23);1H. The van der Waals surface area contributed by atoms with Gasteiger partial charge in [0.1, 0.15) is 19.5 Å². The van der Waals surface area contributed by atoms with Gasteiger partial charge in [-0.3, -0.25) is 5.41 Å². The van der Waals surface area contributed by atoms with Gasteiger partial charge in [0.25, 0.3) is 0 Å². The Bertz CT molecular complexity index is 982. The Morgan fingerprint density at radius 3 is 2.54 bits per heavy atom. The van der Waals surface area contributed by atoms with Crippen molar-refractivity contribution in [2.24, 2.45) is 12.8 Å². The third-order valence-corrected chi connectivity index (χ3v) is 6.69. The van der Waals surface area contributed by atoms with Crippen LogP contribution in [0.15, 0.2) is 42.5 Å². The number of nitrogens with one attached hydrogen (secondary N) is 1. The number of aryl methyl sites for hydroxylation is 1. The van der Waals surface area contributed by atoms with Crippen LogP contribution in [0.1, 0.15) is 43.1 Å². The third-order valence-electron chi connectivity index (χ3n) is 4.93. The Kier molecular flexibility index (Phi) is 7.85. The van der Waals surface area contributed by atoms with Gasteiger partial charge in [0.05, 0.1) is 11.0 Å². The van der Waals surface area contributed by atoms with Gasteiger partial charge in [-0.2, -0.15) is 0 Å². The second-order valence-electron chi connectivity index (χ2n) is 6.96. The molecule has 0 radical (unpaired) electrons. The molecule has 0 fully saturated rings. The van der Waals surface area contributed by atoms with E-state index >= 15 is 0 Å². The Morgan fingerprint density at radius 2 is 1.89 bits per heavy atom. The van der Waals surface area contributed by atoms with Crippen molar-refractivity contribution >= 4 is 42.4 Å². The Morgan fingerprint density at radius 1 is 1.18 bits per heavy atom. The normalized spacial score (nSPS) is 11.9. The fourth-order valence-corrected chi connectivity index (χ4v) is 4.67. The van der Waals surface area contributed by atoms with E-state index in [1.165, 1.54) is 0 Å². The van der Waals surface area contributed by atoms with E-state index in [-0.39, 0.29) is 18.2 Å². The van der Waals surface area contributed by atoms with Crippen molar-refractivity contribution < 1.29 is 4.57 Å². The van der Waals surface area contributed by atoms with Crippen molar-refractivity contribution in [3.8, 4) is 0 Å². The lowest BCUT2D eigenvalue weighted by Crippen LogP contribution is -2.10. The number of nitrogens with two attached hydrogens (primary N) is 1. The Hall–Kier alpha value is -2.10. The number of rotatable bonds is 8. The van der Waals surface area contributed by atoms with Gasteiger partial charge in [0.2, 0.25) is 0 Å². The summed E-state index contributed by atoms with van der Waals surface area (Å²) in [6, 6.07) is 13.7. The van der Waals surface area contributed by atoms with Crippen LogP contribution >= 0.6 is 20.2 Å². The number of fused-ring (bicyclic) bond motifs is 1. The molecule has 2 aromatic carbocycles. The first-order valence-electron chi connectivity index (χ1n) is 9.41. The second-order valence-corrected chi connectivity index (χ2v) is 8.88. The maximum atomic E-state index is 12.6. The maximum absolute atomic E-state index is 12.6. The van der Waals surface area contributed by atoms with E-state index in [1.807, 2.05) is 49.5 Å². The molecule has 0 aliphatic heterocycles. The summed E-state index contributed by atoms with van der Waals surface area (Å²) in [5.74, 6) is 1.04. The van der Waals surface area contributed by atoms with E-state index in [9.17, 15) is 4.57 Å². The van der Waals surface area contributed by atoms with Crippen LogP contribution in [-0.4, -0.2) is 21.5 Å². The molecule has 7 heteroatoms. The zero-order valence-corrected chi connectivity index (χ0v) is 18.2. The largest absolute Gasteiger partial charge is 0.384 e. The van der Waals surface area contributed by atoms with Gasteiger partial charge in [0.15, 0.2) is 0 Å². The van der Waals surface area contributed by atoms with E-state index in [1.54, 1.807) is 0 Å². The van der Waals surface area contributed by atoms with Crippen molar-refractivity contribution in [3.05, 3.63) is 59.4 Å². The molecule has 0 bridgehead atoms. The van der Waals surface area contributed by atoms with Crippen molar-refractivity contribution in [1.29, 1.82) is 5.41 Å². The highest BCUT2D eigenvalue weighted by molar-refractivity contribution is 7.53. The molecule has 0 aliphatic rings. The highest BCUT2D eigenvalue weighted by Crippen LogP contribution is 2.25. The molecule has 0 amide bonds. The van der Waals surface area contributed by atoms with Gasteiger partial charge in [-0.05, 0) is 30.2 Å². The van der Waals surface area contributed by atoms with Crippen LogP contribution in [-0.2, 0) is 18.0 Å². The fourth-order valence-electron chi connectivity index (χ4n) is 3.25. The number of benzene rings is 2. The highest BCUT2D eigenvalue weighted by Gasteiger charge is 2.11. The minimum absolute atomic E-state index is 0. The molecule has 3 N–H and O–H groups in total. The smallest absolute Gasteiger partial charge is 0.122 e. The number of unbranched alkanes of at least 4 members (excludes halogenated alkanes) is 2. The van der Waals surface area contributed by atoms with Crippen molar-refractivity contribution in [2.75, 3.05) is 6.16 Å². The molecule has 1 aromatic heterocycles. The number of imidazole rings is 1. The number of nitrogens with zero attached hydrogens (tertiary/aromatic N) is 2. The number of halogens is 1. The second kappa shape index (κ2) is 9.90. The average Bonchev–Trinajstić information content (AvgIpc) is 2.97. The summed E-state index contributed by atoms with van der Waals surface area (Å²) in [6.07, 6.45) is 4.78. The molecular weight excluding hydrogens is 391 g/mol. The van der Waals surface area contributed by atoms with E-state index < -0.39 is 7.80 Å². The number of amidine groups is 1. The van der Waals surface area contributed by atoms with Crippen LogP contribution in [0.2, 0.25) is 0 Å². The molecule has 1 unspecified atom stereocenters. The SMILES string of the molecule is CCCCC[PH](=O)c1ccc2c(c1)nc(Cc1ccc(C(=N)N)cc1)n2C.Cl. The maximum Gasteiger partial charge on any atom is 0.122 e. The predicted octanol–water partition coefficient (Wildman–Crippen LogP) is 4.25. The molecule has 5 nitrogen and oxygen atoms in total. The van der Waals surface area contributed by atoms with Gasteiger partial charge in [-0.1, -0.05) is 44.0 Å². The summed E-state index contributed by atoms with van der Waals surface area (Å²) in [5.41, 5.74) is 9.31. The Labute approximate surface area is 173 Å². The molecule has 150 valence electrons. The lowest BCUT2D eigenvalue weighted by atomic mass is 10.1. The van der Waals surface area contributed by atoms with Gasteiger partial charge in [0, 0.05) is 30.5 Å². The minimum atomic E-state index is -1.74. The van der Waals surface area contributed by atoms with E-state index in [2.05, 4.69) is 11.5 Å². The van der Waals surface area contributed by atoms with Crippen molar-refractivity contribution in [2.45, 2.75) is 32.6 Å². The van der Waals surface area contributed by atoms with E-state index in [4.69, 9.17) is 16.1 Å².